The quantitative estimate of drug-likeness (QED) is 0.768. The van der Waals surface area contributed by atoms with E-state index in [0.29, 0.717) is 11.5 Å². The summed E-state index contributed by atoms with van der Waals surface area (Å²) < 4.78 is 6.97. The van der Waals surface area contributed by atoms with Gasteiger partial charge in [0.15, 0.2) is 0 Å². The second kappa shape index (κ2) is 6.19. The summed E-state index contributed by atoms with van der Waals surface area (Å²) >= 11 is 0. The van der Waals surface area contributed by atoms with Crippen LogP contribution in [-0.2, 0) is 7.05 Å². The number of furan rings is 1. The molecule has 124 valence electrons. The van der Waals surface area contributed by atoms with Crippen molar-refractivity contribution in [1.29, 1.82) is 0 Å². The van der Waals surface area contributed by atoms with Gasteiger partial charge in [0, 0.05) is 18.3 Å². The highest BCUT2D eigenvalue weighted by Gasteiger charge is 2.18. The van der Waals surface area contributed by atoms with E-state index in [4.69, 9.17) is 4.42 Å². The van der Waals surface area contributed by atoms with E-state index in [1.165, 1.54) is 12.3 Å². The number of carbonyl (C=O) groups excluding carboxylic acids is 1. The van der Waals surface area contributed by atoms with Gasteiger partial charge in [0.05, 0.1) is 24.2 Å². The number of nitrogens with one attached hydrogen (secondary N) is 2. The van der Waals surface area contributed by atoms with Crippen LogP contribution in [0.2, 0.25) is 0 Å². The van der Waals surface area contributed by atoms with Crippen molar-refractivity contribution in [1.82, 2.24) is 20.1 Å². The van der Waals surface area contributed by atoms with Crippen LogP contribution in [0.15, 0.2) is 45.9 Å². The number of nitrogens with zero attached hydrogens (tertiary/aromatic N) is 2. The van der Waals surface area contributed by atoms with Crippen LogP contribution in [0.5, 0.6) is 0 Å². The maximum Gasteiger partial charge on any atom is 0.261 e. The second-order valence-electron chi connectivity index (χ2n) is 5.60. The van der Waals surface area contributed by atoms with Crippen LogP contribution in [0, 0.1) is 6.92 Å². The minimum atomic E-state index is -0.462. The van der Waals surface area contributed by atoms with Gasteiger partial charge >= 0.3 is 0 Å². The summed E-state index contributed by atoms with van der Waals surface area (Å²) in [5, 5.41) is 6.99. The minimum Gasteiger partial charge on any atom is -0.463 e. The predicted molar refractivity (Wildman–Crippen MR) is 88.6 cm³/mol. The zero-order valence-corrected chi connectivity index (χ0v) is 13.7. The summed E-state index contributed by atoms with van der Waals surface area (Å²) in [7, 11) is 1.84. The molecule has 24 heavy (non-hydrogen) atoms. The fourth-order valence-corrected chi connectivity index (χ4v) is 2.52. The number of carbonyl (C=O) groups is 1. The highest BCUT2D eigenvalue weighted by molar-refractivity contribution is 5.94. The highest BCUT2D eigenvalue weighted by Crippen LogP contribution is 2.17. The number of aromatic amines is 1. The molecule has 0 radical (unpaired) electrons. The number of aromatic nitrogens is 3. The van der Waals surface area contributed by atoms with E-state index >= 15 is 0 Å². The van der Waals surface area contributed by atoms with Crippen molar-refractivity contribution >= 4 is 5.91 Å². The Morgan fingerprint density at radius 1 is 1.38 bits per heavy atom. The van der Waals surface area contributed by atoms with Gasteiger partial charge in [-0.2, -0.15) is 5.10 Å². The van der Waals surface area contributed by atoms with Crippen LogP contribution in [0.25, 0.3) is 11.5 Å². The molecule has 1 amide bonds. The first-order valence-corrected chi connectivity index (χ1v) is 7.54. The molecule has 3 aromatic rings. The molecule has 7 nitrogen and oxygen atoms in total. The molecule has 7 heteroatoms. The third kappa shape index (κ3) is 2.88. The topological polar surface area (TPSA) is 92.9 Å². The summed E-state index contributed by atoms with van der Waals surface area (Å²) in [5.41, 5.74) is 1.99. The summed E-state index contributed by atoms with van der Waals surface area (Å²) in [6.07, 6.45) is 3.23. The molecule has 0 bridgehead atoms. The van der Waals surface area contributed by atoms with E-state index in [0.717, 1.165) is 11.3 Å². The second-order valence-corrected chi connectivity index (χ2v) is 5.60. The van der Waals surface area contributed by atoms with Gasteiger partial charge in [-0.3, -0.25) is 14.3 Å². The zero-order chi connectivity index (χ0) is 17.3. The average molecular weight is 326 g/mol. The fraction of sp³-hybridized carbons (Fsp3) is 0.235. The van der Waals surface area contributed by atoms with Crippen molar-refractivity contribution in [3.05, 3.63) is 63.9 Å². The standard InChI is InChI=1S/C17H18N4O3/c1-10(13-9-18-21(3)11(13)2)19-16(22)12-6-7-14(20-17(12)23)15-5-4-8-24-15/h4-10H,1-3H3,(H,19,22)(H,20,23). The molecule has 3 aromatic heterocycles. The third-order valence-corrected chi connectivity index (χ3v) is 4.03. The normalized spacial score (nSPS) is 12.1. The van der Waals surface area contributed by atoms with Gasteiger partial charge in [-0.1, -0.05) is 0 Å². The molecule has 0 saturated heterocycles. The van der Waals surface area contributed by atoms with Gasteiger partial charge < -0.3 is 14.7 Å². The van der Waals surface area contributed by atoms with Crippen molar-refractivity contribution in [2.45, 2.75) is 19.9 Å². The Bertz CT molecular complexity index is 922. The van der Waals surface area contributed by atoms with Gasteiger partial charge in [-0.15, -0.1) is 0 Å². The molecular formula is C17H18N4O3. The fourth-order valence-electron chi connectivity index (χ4n) is 2.52. The number of H-pyrrole nitrogens is 1. The van der Waals surface area contributed by atoms with Crippen molar-refractivity contribution in [2.24, 2.45) is 7.05 Å². The SMILES string of the molecule is Cc1c(C(C)NC(=O)c2ccc(-c3ccco3)[nH]c2=O)cnn1C. The van der Waals surface area contributed by atoms with E-state index in [9.17, 15) is 9.59 Å². The average Bonchev–Trinajstić information content (AvgIpc) is 3.18. The van der Waals surface area contributed by atoms with Crippen LogP contribution in [0.3, 0.4) is 0 Å². The molecule has 2 N–H and O–H groups in total. The lowest BCUT2D eigenvalue weighted by Gasteiger charge is -2.13. The van der Waals surface area contributed by atoms with E-state index in [-0.39, 0.29) is 11.6 Å². The number of pyridine rings is 1. The van der Waals surface area contributed by atoms with Gasteiger partial charge in [0.25, 0.3) is 11.5 Å². The zero-order valence-electron chi connectivity index (χ0n) is 13.7. The molecule has 0 aromatic carbocycles. The van der Waals surface area contributed by atoms with Crippen molar-refractivity contribution in [2.75, 3.05) is 0 Å². The number of aryl methyl sites for hydroxylation is 1. The molecule has 0 aliphatic rings. The molecule has 0 aliphatic carbocycles. The van der Waals surface area contributed by atoms with Gasteiger partial charge in [-0.25, -0.2) is 0 Å². The monoisotopic (exact) mass is 326 g/mol. The van der Waals surface area contributed by atoms with Crippen molar-refractivity contribution in [3.8, 4) is 11.5 Å². The molecule has 1 unspecified atom stereocenters. The van der Waals surface area contributed by atoms with Crippen LogP contribution in [-0.4, -0.2) is 20.7 Å². The molecular weight excluding hydrogens is 308 g/mol. The molecule has 3 heterocycles. The maximum atomic E-state index is 12.4. The Morgan fingerprint density at radius 3 is 2.75 bits per heavy atom. The molecule has 0 spiro atoms. The number of amides is 1. The largest absolute Gasteiger partial charge is 0.463 e. The molecule has 1 atom stereocenters. The van der Waals surface area contributed by atoms with Gasteiger partial charge in [-0.05, 0) is 38.1 Å². The third-order valence-electron chi connectivity index (χ3n) is 4.03. The van der Waals surface area contributed by atoms with Gasteiger partial charge in [0.2, 0.25) is 0 Å². The number of hydrogen-bond donors (Lipinski definition) is 2. The summed E-state index contributed by atoms with van der Waals surface area (Å²) in [6.45, 7) is 3.78. The summed E-state index contributed by atoms with van der Waals surface area (Å²) in [5.74, 6) is 0.108. The minimum absolute atomic E-state index is 0.0544. The van der Waals surface area contributed by atoms with Gasteiger partial charge in [0.1, 0.15) is 11.3 Å². The Hall–Kier alpha value is -3.09. The first-order valence-electron chi connectivity index (χ1n) is 7.54. The molecule has 0 fully saturated rings. The Morgan fingerprint density at radius 2 is 2.17 bits per heavy atom. The first-order chi connectivity index (χ1) is 11.5. The van der Waals surface area contributed by atoms with E-state index in [1.807, 2.05) is 20.9 Å². The molecule has 0 aliphatic heterocycles. The molecule has 3 rings (SSSR count). The van der Waals surface area contributed by atoms with Crippen LogP contribution >= 0.6 is 0 Å². The van der Waals surface area contributed by atoms with Crippen LogP contribution in [0.4, 0.5) is 0 Å². The lowest BCUT2D eigenvalue weighted by molar-refractivity contribution is 0.0938. The van der Waals surface area contributed by atoms with Crippen molar-refractivity contribution in [3.63, 3.8) is 0 Å². The number of rotatable bonds is 4. The Balaban J connectivity index is 1.80. The van der Waals surface area contributed by atoms with E-state index < -0.39 is 11.5 Å². The smallest absolute Gasteiger partial charge is 0.261 e. The first kappa shape index (κ1) is 15.8. The highest BCUT2D eigenvalue weighted by atomic mass is 16.3. The lowest BCUT2D eigenvalue weighted by atomic mass is 10.1. The Labute approximate surface area is 138 Å². The predicted octanol–water partition coefficient (Wildman–Crippen LogP) is 2.17. The Kier molecular flexibility index (Phi) is 4.07. The van der Waals surface area contributed by atoms with E-state index in [1.54, 1.807) is 29.1 Å². The van der Waals surface area contributed by atoms with Crippen LogP contribution in [0.1, 0.15) is 34.6 Å². The lowest BCUT2D eigenvalue weighted by Crippen LogP contribution is -2.31. The summed E-state index contributed by atoms with van der Waals surface area (Å²) in [6, 6.07) is 6.35. The van der Waals surface area contributed by atoms with Crippen LogP contribution < -0.4 is 10.9 Å². The van der Waals surface area contributed by atoms with E-state index in [2.05, 4.69) is 15.4 Å². The number of hydrogen-bond acceptors (Lipinski definition) is 4. The molecule has 0 saturated carbocycles. The van der Waals surface area contributed by atoms with Crippen molar-refractivity contribution < 1.29 is 9.21 Å². The maximum absolute atomic E-state index is 12.4. The summed E-state index contributed by atoms with van der Waals surface area (Å²) in [4.78, 5) is 27.2.